The zero-order valence-electron chi connectivity index (χ0n) is 15.9. The van der Waals surface area contributed by atoms with E-state index in [1.165, 1.54) is 29.6 Å². The van der Waals surface area contributed by atoms with E-state index in [0.717, 1.165) is 16.8 Å². The highest BCUT2D eigenvalue weighted by atomic mass is 32.1. The van der Waals surface area contributed by atoms with Crippen LogP contribution >= 0.6 is 22.7 Å². The molecule has 2 heterocycles. The van der Waals surface area contributed by atoms with Gasteiger partial charge in [0.2, 0.25) is 11.8 Å². The molecule has 0 aliphatic carbocycles. The topological polar surface area (TPSA) is 100 Å². The van der Waals surface area contributed by atoms with Gasteiger partial charge < -0.3 is 16.0 Å². The van der Waals surface area contributed by atoms with E-state index in [-0.39, 0.29) is 30.3 Å². The number of thiophene rings is 1. The summed E-state index contributed by atoms with van der Waals surface area (Å²) in [6.45, 7) is 3.28. The van der Waals surface area contributed by atoms with Crippen molar-refractivity contribution in [1.29, 1.82) is 0 Å². The van der Waals surface area contributed by atoms with E-state index in [0.29, 0.717) is 10.7 Å². The molecule has 150 valence electrons. The van der Waals surface area contributed by atoms with Crippen molar-refractivity contribution in [3.8, 4) is 11.3 Å². The van der Waals surface area contributed by atoms with Gasteiger partial charge in [-0.1, -0.05) is 24.3 Å². The third-order valence-corrected chi connectivity index (χ3v) is 5.51. The number of rotatable bonds is 7. The highest BCUT2D eigenvalue weighted by Gasteiger charge is 2.12. The van der Waals surface area contributed by atoms with Crippen LogP contribution in [0, 0.1) is 0 Å². The van der Waals surface area contributed by atoms with Crippen LogP contribution in [0.3, 0.4) is 0 Å². The minimum Gasteiger partial charge on any atom is -0.350 e. The third kappa shape index (κ3) is 5.72. The lowest BCUT2D eigenvalue weighted by atomic mass is 10.1. The van der Waals surface area contributed by atoms with Crippen molar-refractivity contribution in [3.05, 3.63) is 57.6 Å². The highest BCUT2D eigenvalue weighted by molar-refractivity contribution is 7.14. The van der Waals surface area contributed by atoms with Crippen molar-refractivity contribution in [3.63, 3.8) is 0 Å². The smallest absolute Gasteiger partial charge is 0.252 e. The molecule has 0 saturated heterocycles. The van der Waals surface area contributed by atoms with Gasteiger partial charge in [-0.2, -0.15) is 11.3 Å². The second kappa shape index (κ2) is 9.44. The van der Waals surface area contributed by atoms with E-state index in [9.17, 15) is 14.4 Å². The van der Waals surface area contributed by atoms with Gasteiger partial charge in [0.25, 0.3) is 5.91 Å². The Morgan fingerprint density at radius 3 is 2.52 bits per heavy atom. The van der Waals surface area contributed by atoms with Crippen LogP contribution in [0.1, 0.15) is 35.8 Å². The first-order valence-electron chi connectivity index (χ1n) is 8.85. The first kappa shape index (κ1) is 20.7. The first-order chi connectivity index (χ1) is 13.9. The maximum atomic E-state index is 12.0. The average molecular weight is 429 g/mol. The number of hydrogen-bond donors (Lipinski definition) is 3. The largest absolute Gasteiger partial charge is 0.350 e. The number of thiazole rings is 1. The van der Waals surface area contributed by atoms with Crippen LogP contribution in [0.4, 0.5) is 5.13 Å². The fourth-order valence-electron chi connectivity index (χ4n) is 2.61. The number of nitrogens with one attached hydrogen (secondary N) is 3. The van der Waals surface area contributed by atoms with Gasteiger partial charge in [-0.25, -0.2) is 4.98 Å². The molecule has 3 amide bonds. The number of anilines is 1. The molecule has 3 N–H and O–H groups in total. The van der Waals surface area contributed by atoms with E-state index in [1.54, 1.807) is 16.8 Å². The molecule has 9 heteroatoms. The quantitative estimate of drug-likeness (QED) is 0.537. The molecule has 1 unspecified atom stereocenters. The molecule has 3 aromatic rings. The van der Waals surface area contributed by atoms with Crippen LogP contribution in [0.5, 0.6) is 0 Å². The Labute approximate surface area is 176 Å². The van der Waals surface area contributed by atoms with Crippen LogP contribution in [-0.4, -0.2) is 29.3 Å². The molecule has 0 fully saturated rings. The second-order valence-electron chi connectivity index (χ2n) is 6.32. The first-order valence-corrected chi connectivity index (χ1v) is 10.7. The van der Waals surface area contributed by atoms with Gasteiger partial charge in [0, 0.05) is 28.8 Å². The number of benzene rings is 1. The summed E-state index contributed by atoms with van der Waals surface area (Å²) < 4.78 is 0. The lowest BCUT2D eigenvalue weighted by Gasteiger charge is -2.13. The Kier molecular flexibility index (Phi) is 6.73. The van der Waals surface area contributed by atoms with Crippen molar-refractivity contribution in [1.82, 2.24) is 15.6 Å². The molecular formula is C20H20N4O3S2. The SMILES string of the molecule is CC(=O)NC(C)c1ccc(-c2csc(NC(=O)CNC(=O)c3ccsc3)n2)cc1. The van der Waals surface area contributed by atoms with Crippen LogP contribution in [0.15, 0.2) is 46.5 Å². The number of carbonyl (C=O) groups is 3. The average Bonchev–Trinajstić information content (AvgIpc) is 3.38. The number of hydrogen-bond acceptors (Lipinski definition) is 6. The molecule has 3 rings (SSSR count). The van der Waals surface area contributed by atoms with Gasteiger partial charge in [-0.05, 0) is 23.9 Å². The van der Waals surface area contributed by atoms with Crippen molar-refractivity contribution in [2.75, 3.05) is 11.9 Å². The van der Waals surface area contributed by atoms with Crippen LogP contribution in [0.25, 0.3) is 11.3 Å². The molecule has 0 bridgehead atoms. The van der Waals surface area contributed by atoms with E-state index >= 15 is 0 Å². The van der Waals surface area contributed by atoms with E-state index in [4.69, 9.17) is 0 Å². The predicted molar refractivity (Wildman–Crippen MR) is 115 cm³/mol. The van der Waals surface area contributed by atoms with Crippen molar-refractivity contribution < 1.29 is 14.4 Å². The summed E-state index contributed by atoms with van der Waals surface area (Å²) in [6.07, 6.45) is 0. The highest BCUT2D eigenvalue weighted by Crippen LogP contribution is 2.26. The predicted octanol–water partition coefficient (Wildman–Crippen LogP) is 3.44. The number of carbonyl (C=O) groups excluding carboxylic acids is 3. The normalized spacial score (nSPS) is 11.5. The minimum atomic E-state index is -0.339. The summed E-state index contributed by atoms with van der Waals surface area (Å²) in [6, 6.07) is 9.36. The zero-order chi connectivity index (χ0) is 20.8. The van der Waals surface area contributed by atoms with Gasteiger partial charge in [0.15, 0.2) is 5.13 Å². The Morgan fingerprint density at radius 2 is 1.86 bits per heavy atom. The Balaban J connectivity index is 1.55. The lowest BCUT2D eigenvalue weighted by molar-refractivity contribution is -0.119. The van der Waals surface area contributed by atoms with Gasteiger partial charge >= 0.3 is 0 Å². The Morgan fingerprint density at radius 1 is 1.10 bits per heavy atom. The molecule has 29 heavy (non-hydrogen) atoms. The molecule has 0 aliphatic rings. The molecule has 2 aromatic heterocycles. The number of amides is 3. The maximum Gasteiger partial charge on any atom is 0.252 e. The molecule has 1 aromatic carbocycles. The molecule has 0 radical (unpaired) electrons. The maximum absolute atomic E-state index is 12.0. The zero-order valence-corrected chi connectivity index (χ0v) is 17.5. The summed E-state index contributed by atoms with van der Waals surface area (Å²) in [7, 11) is 0. The van der Waals surface area contributed by atoms with Gasteiger partial charge in [0.1, 0.15) is 0 Å². The molecule has 1 atom stereocenters. The fourth-order valence-corrected chi connectivity index (χ4v) is 3.99. The van der Waals surface area contributed by atoms with Crippen molar-refractivity contribution >= 4 is 45.5 Å². The van der Waals surface area contributed by atoms with Gasteiger partial charge in [0.05, 0.1) is 18.3 Å². The second-order valence-corrected chi connectivity index (χ2v) is 7.96. The van der Waals surface area contributed by atoms with Gasteiger partial charge in [-0.3, -0.25) is 14.4 Å². The van der Waals surface area contributed by atoms with Crippen LogP contribution < -0.4 is 16.0 Å². The van der Waals surface area contributed by atoms with Crippen molar-refractivity contribution in [2.45, 2.75) is 19.9 Å². The molecule has 0 saturated carbocycles. The number of aromatic nitrogens is 1. The Bertz CT molecular complexity index is 997. The van der Waals surface area contributed by atoms with Crippen LogP contribution in [0.2, 0.25) is 0 Å². The minimum absolute atomic E-state index is 0.0730. The third-order valence-electron chi connectivity index (χ3n) is 4.07. The monoisotopic (exact) mass is 428 g/mol. The summed E-state index contributed by atoms with van der Waals surface area (Å²) in [4.78, 5) is 39.5. The molecule has 0 spiro atoms. The van der Waals surface area contributed by atoms with Crippen molar-refractivity contribution in [2.24, 2.45) is 0 Å². The lowest BCUT2D eigenvalue weighted by Crippen LogP contribution is -2.32. The summed E-state index contributed by atoms with van der Waals surface area (Å²) >= 11 is 2.73. The Hall–Kier alpha value is -3.04. The molecule has 7 nitrogen and oxygen atoms in total. The summed E-state index contributed by atoms with van der Waals surface area (Å²) in [5, 5.41) is 14.0. The number of nitrogens with zero attached hydrogens (tertiary/aromatic N) is 1. The van der Waals surface area contributed by atoms with Gasteiger partial charge in [-0.15, -0.1) is 11.3 Å². The molecular weight excluding hydrogens is 408 g/mol. The van der Waals surface area contributed by atoms with E-state index < -0.39 is 0 Å². The van der Waals surface area contributed by atoms with E-state index in [2.05, 4.69) is 20.9 Å². The standard InChI is InChI=1S/C20H20N4O3S2/c1-12(22-13(2)25)14-3-5-15(6-4-14)17-11-29-20(23-17)24-18(26)9-21-19(27)16-7-8-28-10-16/h3-8,10-12H,9H2,1-2H3,(H,21,27)(H,22,25)(H,23,24,26). The van der Waals surface area contributed by atoms with Crippen LogP contribution in [-0.2, 0) is 9.59 Å². The fraction of sp³-hybridized carbons (Fsp3) is 0.200. The molecule has 0 aliphatic heterocycles. The summed E-state index contributed by atoms with van der Waals surface area (Å²) in [5.74, 6) is -0.697. The summed E-state index contributed by atoms with van der Waals surface area (Å²) in [5.41, 5.74) is 3.18. The van der Waals surface area contributed by atoms with E-state index in [1.807, 2.05) is 36.6 Å².